The van der Waals surface area contributed by atoms with Crippen LogP contribution in [-0.4, -0.2) is 21.9 Å². The number of aromatic carboxylic acids is 1. The number of fused-ring (bicyclic) bond motifs is 2. The van der Waals surface area contributed by atoms with Crippen molar-refractivity contribution in [1.82, 2.24) is 4.57 Å². The molecule has 0 amide bonds. The molecular weight excluding hydrogens is 403 g/mol. The molecule has 0 atom stereocenters. The van der Waals surface area contributed by atoms with E-state index in [0.29, 0.717) is 6.54 Å². The Balaban J connectivity index is 1.94. The molecule has 0 bridgehead atoms. The highest BCUT2D eigenvalue weighted by Crippen LogP contribution is 2.43. The lowest BCUT2D eigenvalue weighted by atomic mass is 9.91. The molecule has 1 aliphatic rings. The normalized spacial score (nSPS) is 12.7. The maximum Gasteiger partial charge on any atom is 0.335 e. The predicted octanol–water partition coefficient (Wildman–Crippen LogP) is 6.50. The van der Waals surface area contributed by atoms with E-state index in [4.69, 9.17) is 0 Å². The Kier molecular flexibility index (Phi) is 4.70. The molecule has 0 spiro atoms. The number of halogens is 1. The lowest BCUT2D eigenvalue weighted by Gasteiger charge is -2.17. The molecule has 5 heteroatoms. The van der Waals surface area contributed by atoms with Crippen LogP contribution in [0, 0.1) is 12.7 Å². The van der Waals surface area contributed by atoms with Crippen molar-refractivity contribution in [3.05, 3.63) is 88.4 Å². The summed E-state index contributed by atoms with van der Waals surface area (Å²) in [5, 5.41) is 10.7. The quantitative estimate of drug-likeness (QED) is 0.405. The molecule has 0 saturated carbocycles. The monoisotopic (exact) mass is 426 g/mol. The fourth-order valence-electron chi connectivity index (χ4n) is 4.64. The minimum absolute atomic E-state index is 0.138. The van der Waals surface area contributed by atoms with Crippen LogP contribution in [0.25, 0.3) is 27.7 Å². The molecule has 3 aromatic carbocycles. The number of aliphatic imine (C=N–C) groups is 1. The summed E-state index contributed by atoms with van der Waals surface area (Å²) in [6.07, 6.45) is 1.89. The van der Waals surface area contributed by atoms with Gasteiger partial charge in [-0.3, -0.25) is 4.99 Å². The van der Waals surface area contributed by atoms with Crippen LogP contribution in [0.4, 0.5) is 4.39 Å². The zero-order chi connectivity index (χ0) is 22.6. The minimum atomic E-state index is -0.950. The van der Waals surface area contributed by atoms with Crippen molar-refractivity contribution in [3.63, 3.8) is 0 Å². The van der Waals surface area contributed by atoms with Crippen LogP contribution in [0.1, 0.15) is 52.5 Å². The fourth-order valence-corrected chi connectivity index (χ4v) is 4.64. The summed E-state index contributed by atoms with van der Waals surface area (Å²) >= 11 is 0. The van der Waals surface area contributed by atoms with Gasteiger partial charge in [0.1, 0.15) is 5.82 Å². The molecule has 4 nitrogen and oxygen atoms in total. The van der Waals surface area contributed by atoms with Gasteiger partial charge in [-0.25, -0.2) is 9.18 Å². The molecule has 1 aliphatic heterocycles. The van der Waals surface area contributed by atoms with E-state index in [1.54, 1.807) is 24.3 Å². The van der Waals surface area contributed by atoms with Gasteiger partial charge in [0.15, 0.2) is 0 Å². The smallest absolute Gasteiger partial charge is 0.335 e. The van der Waals surface area contributed by atoms with E-state index in [-0.39, 0.29) is 17.3 Å². The van der Waals surface area contributed by atoms with Gasteiger partial charge >= 0.3 is 5.97 Å². The summed E-state index contributed by atoms with van der Waals surface area (Å²) in [7, 11) is 0. The van der Waals surface area contributed by atoms with E-state index >= 15 is 0 Å². The number of rotatable bonds is 4. The third-order valence-corrected chi connectivity index (χ3v) is 6.14. The van der Waals surface area contributed by atoms with Gasteiger partial charge in [-0.2, -0.15) is 0 Å². The van der Waals surface area contributed by atoms with Crippen molar-refractivity contribution in [1.29, 1.82) is 0 Å². The van der Waals surface area contributed by atoms with Crippen LogP contribution in [0.5, 0.6) is 0 Å². The van der Waals surface area contributed by atoms with Crippen LogP contribution in [-0.2, 0) is 6.54 Å². The number of carboxylic acid groups (broad SMARTS) is 1. The van der Waals surface area contributed by atoms with Crippen molar-refractivity contribution in [2.45, 2.75) is 33.2 Å². The highest BCUT2D eigenvalue weighted by Gasteiger charge is 2.25. The number of hydrogen-bond donors (Lipinski definition) is 1. The van der Waals surface area contributed by atoms with E-state index in [1.165, 1.54) is 12.1 Å². The van der Waals surface area contributed by atoms with E-state index in [2.05, 4.69) is 35.5 Å². The SMILES string of the molecule is Cc1ccc(C(=O)O)cc1-c1c(C(C)C)n(-c2ccc(F)cc2)c2cc3c(cc12)CN=C3. The highest BCUT2D eigenvalue weighted by molar-refractivity contribution is 6.04. The van der Waals surface area contributed by atoms with Crippen LogP contribution < -0.4 is 0 Å². The van der Waals surface area contributed by atoms with Gasteiger partial charge in [0, 0.05) is 28.5 Å². The first kappa shape index (κ1) is 20.2. The topological polar surface area (TPSA) is 54.6 Å². The Bertz CT molecular complexity index is 1410. The van der Waals surface area contributed by atoms with E-state index in [0.717, 1.165) is 50.1 Å². The summed E-state index contributed by atoms with van der Waals surface area (Å²) in [5.41, 5.74) is 8.36. The van der Waals surface area contributed by atoms with Gasteiger partial charge in [-0.15, -0.1) is 0 Å². The van der Waals surface area contributed by atoms with Crippen molar-refractivity contribution in [3.8, 4) is 16.8 Å². The molecule has 0 unspecified atom stereocenters. The van der Waals surface area contributed by atoms with Crippen LogP contribution in [0.3, 0.4) is 0 Å². The van der Waals surface area contributed by atoms with Gasteiger partial charge in [0.2, 0.25) is 0 Å². The standard InChI is InChI=1S/C27H23FN2O2/c1-15(2)26-25(22-10-17(27(31)32)5-4-16(22)3)23-11-18-13-29-14-19(18)12-24(23)30(26)21-8-6-20(28)7-9-21/h4-12,14-15H,13H2,1-3H3,(H,31,32). The summed E-state index contributed by atoms with van der Waals surface area (Å²) in [4.78, 5) is 16.2. The minimum Gasteiger partial charge on any atom is -0.478 e. The third-order valence-electron chi connectivity index (χ3n) is 6.14. The first-order valence-corrected chi connectivity index (χ1v) is 10.7. The average Bonchev–Trinajstić information content (AvgIpc) is 3.34. The first-order valence-electron chi connectivity index (χ1n) is 10.7. The average molecular weight is 426 g/mol. The van der Waals surface area contributed by atoms with Gasteiger partial charge in [-0.1, -0.05) is 19.9 Å². The maximum absolute atomic E-state index is 13.7. The number of hydrogen-bond acceptors (Lipinski definition) is 2. The highest BCUT2D eigenvalue weighted by atomic mass is 19.1. The number of aryl methyl sites for hydroxylation is 1. The van der Waals surface area contributed by atoms with Gasteiger partial charge < -0.3 is 9.67 Å². The molecule has 160 valence electrons. The Morgan fingerprint density at radius 1 is 1.09 bits per heavy atom. The lowest BCUT2D eigenvalue weighted by molar-refractivity contribution is 0.0697. The number of carboxylic acids is 1. The Morgan fingerprint density at radius 2 is 1.84 bits per heavy atom. The van der Waals surface area contributed by atoms with Gasteiger partial charge in [0.25, 0.3) is 0 Å². The zero-order valence-electron chi connectivity index (χ0n) is 18.2. The maximum atomic E-state index is 13.7. The molecule has 0 fully saturated rings. The second-order valence-electron chi connectivity index (χ2n) is 8.60. The predicted molar refractivity (Wildman–Crippen MR) is 126 cm³/mol. The Hall–Kier alpha value is -3.73. The molecule has 4 aromatic rings. The molecule has 5 rings (SSSR count). The van der Waals surface area contributed by atoms with Crippen LogP contribution in [0.2, 0.25) is 0 Å². The van der Waals surface area contributed by atoms with Gasteiger partial charge in [-0.05, 0) is 83.6 Å². The van der Waals surface area contributed by atoms with Crippen LogP contribution in [0.15, 0.2) is 59.6 Å². The lowest BCUT2D eigenvalue weighted by Crippen LogP contribution is -2.04. The number of benzene rings is 3. The summed E-state index contributed by atoms with van der Waals surface area (Å²) < 4.78 is 15.9. The fraction of sp³-hybridized carbons (Fsp3) is 0.185. The van der Waals surface area contributed by atoms with E-state index in [1.807, 2.05) is 19.2 Å². The van der Waals surface area contributed by atoms with Crippen LogP contribution >= 0.6 is 0 Å². The molecular formula is C27H23FN2O2. The Labute approximate surface area is 185 Å². The molecule has 2 heterocycles. The molecule has 1 N–H and O–H groups in total. The Morgan fingerprint density at radius 3 is 2.53 bits per heavy atom. The molecule has 32 heavy (non-hydrogen) atoms. The van der Waals surface area contributed by atoms with Crippen molar-refractivity contribution in [2.75, 3.05) is 0 Å². The molecule has 1 aromatic heterocycles. The second kappa shape index (κ2) is 7.45. The number of aromatic nitrogens is 1. The van der Waals surface area contributed by atoms with Crippen molar-refractivity contribution < 1.29 is 14.3 Å². The summed E-state index contributed by atoms with van der Waals surface area (Å²) in [6.45, 7) is 6.90. The third kappa shape index (κ3) is 3.12. The van der Waals surface area contributed by atoms with E-state index in [9.17, 15) is 14.3 Å². The first-order chi connectivity index (χ1) is 15.3. The number of carbonyl (C=O) groups is 1. The molecule has 0 radical (unpaired) electrons. The summed E-state index contributed by atoms with van der Waals surface area (Å²) in [6, 6.07) is 16.1. The van der Waals surface area contributed by atoms with E-state index < -0.39 is 5.97 Å². The van der Waals surface area contributed by atoms with Crippen molar-refractivity contribution >= 4 is 23.1 Å². The number of nitrogens with zero attached hydrogens (tertiary/aromatic N) is 2. The zero-order valence-corrected chi connectivity index (χ0v) is 18.2. The van der Waals surface area contributed by atoms with Crippen molar-refractivity contribution in [2.24, 2.45) is 4.99 Å². The second-order valence-corrected chi connectivity index (χ2v) is 8.60. The largest absolute Gasteiger partial charge is 0.478 e. The molecule has 0 saturated heterocycles. The summed E-state index contributed by atoms with van der Waals surface area (Å²) in [5.74, 6) is -1.10. The molecule has 0 aliphatic carbocycles. The van der Waals surface area contributed by atoms with Gasteiger partial charge in [0.05, 0.1) is 17.6 Å².